The lowest BCUT2D eigenvalue weighted by atomic mass is 9.49. The largest absolute Gasteiger partial charge is 0.493 e. The summed E-state index contributed by atoms with van der Waals surface area (Å²) in [6, 6.07) is 4.28. The van der Waals surface area contributed by atoms with Gasteiger partial charge in [0.1, 0.15) is 22.4 Å². The zero-order chi connectivity index (χ0) is 34.4. The summed E-state index contributed by atoms with van der Waals surface area (Å²) >= 11 is 0. The second kappa shape index (κ2) is 10.1. The fourth-order valence-corrected chi connectivity index (χ4v) is 12.6. The van der Waals surface area contributed by atoms with Crippen molar-refractivity contribution in [2.45, 2.75) is 124 Å². The zero-order valence-electron chi connectivity index (χ0n) is 28.5. The summed E-state index contributed by atoms with van der Waals surface area (Å²) in [6.45, 7) is 6.57. The molecule has 12 heteroatoms. The number of nitrogens with zero attached hydrogens (tertiary/aromatic N) is 1. The summed E-state index contributed by atoms with van der Waals surface area (Å²) < 4.78 is 23.5. The smallest absolute Gasteiger partial charge is 0.338 e. The summed E-state index contributed by atoms with van der Waals surface area (Å²) in [7, 11) is 2.97. The molecule has 3 saturated heterocycles. The highest BCUT2D eigenvalue weighted by atomic mass is 16.7. The monoisotopic (exact) mass is 673 g/mol. The van der Waals surface area contributed by atoms with Gasteiger partial charge in [-0.2, -0.15) is 0 Å². The molecule has 0 unspecified atom stereocenters. The molecule has 1 aromatic carbocycles. The highest BCUT2D eigenvalue weighted by Crippen LogP contribution is 2.78. The van der Waals surface area contributed by atoms with E-state index >= 15 is 0 Å². The van der Waals surface area contributed by atoms with E-state index in [-0.39, 0.29) is 24.9 Å². The van der Waals surface area contributed by atoms with Crippen molar-refractivity contribution in [2.24, 2.45) is 29.1 Å². The van der Waals surface area contributed by atoms with Crippen molar-refractivity contribution in [3.8, 4) is 11.5 Å². The number of esters is 1. The number of aliphatic hydroxyl groups excluding tert-OH is 1. The van der Waals surface area contributed by atoms with Crippen LogP contribution in [-0.2, 0) is 9.47 Å². The lowest BCUT2D eigenvalue weighted by Gasteiger charge is -2.68. The number of carbonyl (C=O) groups excluding carboxylic acids is 1. The molecule has 7 fully saturated rings. The lowest BCUT2D eigenvalue weighted by Crippen LogP contribution is -2.85. The minimum Gasteiger partial charge on any atom is -0.493 e. The van der Waals surface area contributed by atoms with Gasteiger partial charge in [0, 0.05) is 55.1 Å². The molecule has 3 aliphatic heterocycles. The van der Waals surface area contributed by atoms with Crippen molar-refractivity contribution >= 4 is 5.97 Å². The van der Waals surface area contributed by atoms with E-state index in [1.165, 1.54) is 20.3 Å². The first kappa shape index (κ1) is 33.1. The Bertz CT molecular complexity index is 1520. The number of hydrogen-bond donors (Lipinski definition) is 6. The summed E-state index contributed by atoms with van der Waals surface area (Å²) in [5, 5.41) is 74.7. The van der Waals surface area contributed by atoms with Crippen molar-refractivity contribution < 1.29 is 54.4 Å². The first-order valence-corrected chi connectivity index (χ1v) is 17.6. The van der Waals surface area contributed by atoms with Crippen LogP contribution >= 0.6 is 0 Å². The van der Waals surface area contributed by atoms with Crippen LogP contribution in [0.2, 0.25) is 0 Å². The van der Waals surface area contributed by atoms with Crippen LogP contribution in [-0.4, -0.2) is 121 Å². The van der Waals surface area contributed by atoms with Gasteiger partial charge < -0.3 is 49.6 Å². The standard InChI is InChI=1S/C36H51NO11/c1-19-6-11-26-31(3,40)35(43)25(17-37(26)16-19)33(42)18-34-24(32(33,41)15-27(35)38)10-9-23-30(34,2)13-12-28(36(23,44)48-34)47-29(39)20-7-8-21(45-4)22(14-20)46-5/h7-8,14,19,23-28,38,40-44H,6,9-13,15-18H2,1-5H3/t19-,23+,24-,25+,26+,27-,28-,30+,31+,32+,33-,34+,35+,36+/m1/s1. The highest BCUT2D eigenvalue weighted by molar-refractivity contribution is 5.90. The third kappa shape index (κ3) is 3.66. The summed E-state index contributed by atoms with van der Waals surface area (Å²) in [5.74, 6) is -3.63. The number of aliphatic hydroxyl groups is 6. The number of ether oxygens (including phenoxy) is 4. The van der Waals surface area contributed by atoms with E-state index in [0.29, 0.717) is 56.1 Å². The molecule has 4 saturated carbocycles. The van der Waals surface area contributed by atoms with Gasteiger partial charge in [0.2, 0.25) is 5.79 Å². The van der Waals surface area contributed by atoms with E-state index in [1.54, 1.807) is 19.1 Å². The molecule has 12 nitrogen and oxygen atoms in total. The van der Waals surface area contributed by atoms with E-state index in [0.717, 1.165) is 6.42 Å². The fourth-order valence-electron chi connectivity index (χ4n) is 12.6. The number of hydrogen-bond acceptors (Lipinski definition) is 12. The minimum atomic E-state index is -2.10. The van der Waals surface area contributed by atoms with Crippen molar-refractivity contribution in [2.75, 3.05) is 27.3 Å². The van der Waals surface area contributed by atoms with Gasteiger partial charge in [-0.15, -0.1) is 0 Å². The number of rotatable bonds is 4. The van der Waals surface area contributed by atoms with Gasteiger partial charge in [0.25, 0.3) is 0 Å². The van der Waals surface area contributed by atoms with E-state index in [9.17, 15) is 35.4 Å². The van der Waals surface area contributed by atoms with Crippen LogP contribution in [0.1, 0.15) is 82.5 Å². The molecule has 8 rings (SSSR count). The molecule has 3 heterocycles. The van der Waals surface area contributed by atoms with Gasteiger partial charge in [-0.3, -0.25) is 4.90 Å². The summed E-state index contributed by atoms with van der Waals surface area (Å²) in [4.78, 5) is 15.6. The Morgan fingerprint density at radius 2 is 1.60 bits per heavy atom. The Labute approximate surface area is 280 Å². The molecule has 0 aromatic heterocycles. The summed E-state index contributed by atoms with van der Waals surface area (Å²) in [5.41, 5.74) is -9.44. The molecular formula is C36H51NO11. The van der Waals surface area contributed by atoms with Crippen molar-refractivity contribution in [1.29, 1.82) is 0 Å². The van der Waals surface area contributed by atoms with E-state index < -0.39 is 81.2 Å². The second-order valence-corrected chi connectivity index (χ2v) is 16.8. The van der Waals surface area contributed by atoms with Crippen LogP contribution in [0.4, 0.5) is 0 Å². The number of methoxy groups -OCH3 is 2. The Balaban J connectivity index is 1.16. The van der Waals surface area contributed by atoms with Crippen LogP contribution in [0.25, 0.3) is 0 Å². The number of carbonyl (C=O) groups is 1. The molecule has 266 valence electrons. The lowest BCUT2D eigenvalue weighted by molar-refractivity contribution is -0.354. The van der Waals surface area contributed by atoms with Crippen LogP contribution in [0.3, 0.4) is 0 Å². The molecule has 6 N–H and O–H groups in total. The maximum Gasteiger partial charge on any atom is 0.338 e. The van der Waals surface area contributed by atoms with Gasteiger partial charge >= 0.3 is 5.97 Å². The Kier molecular flexibility index (Phi) is 6.94. The van der Waals surface area contributed by atoms with Gasteiger partial charge in [0.05, 0.1) is 31.5 Å². The minimum absolute atomic E-state index is 0.101. The van der Waals surface area contributed by atoms with E-state index in [2.05, 4.69) is 11.8 Å². The quantitative estimate of drug-likeness (QED) is 0.253. The van der Waals surface area contributed by atoms with Gasteiger partial charge in [-0.1, -0.05) is 13.8 Å². The molecule has 4 bridgehead atoms. The molecule has 1 aromatic rings. The molecule has 7 aliphatic rings. The maximum absolute atomic E-state index is 13.5. The zero-order valence-corrected chi connectivity index (χ0v) is 28.5. The Morgan fingerprint density at radius 1 is 0.896 bits per heavy atom. The van der Waals surface area contributed by atoms with Crippen molar-refractivity contribution in [3.63, 3.8) is 0 Å². The molecule has 4 aliphatic carbocycles. The average Bonchev–Trinajstić information content (AvgIpc) is 3.21. The Morgan fingerprint density at radius 3 is 2.31 bits per heavy atom. The predicted molar refractivity (Wildman–Crippen MR) is 169 cm³/mol. The van der Waals surface area contributed by atoms with E-state index in [1.807, 2.05) is 6.92 Å². The maximum atomic E-state index is 13.5. The van der Waals surface area contributed by atoms with Crippen LogP contribution in [0.5, 0.6) is 11.5 Å². The van der Waals surface area contributed by atoms with Crippen LogP contribution in [0, 0.1) is 29.1 Å². The predicted octanol–water partition coefficient (Wildman–Crippen LogP) is 1.36. The van der Waals surface area contributed by atoms with Crippen molar-refractivity contribution in [1.82, 2.24) is 4.90 Å². The summed E-state index contributed by atoms with van der Waals surface area (Å²) in [6.07, 6.45) is 0.172. The Hall–Kier alpha value is -2.03. The average molecular weight is 674 g/mol. The third-order valence-corrected chi connectivity index (χ3v) is 14.9. The molecule has 0 amide bonds. The molecule has 1 spiro atoms. The van der Waals surface area contributed by atoms with Crippen molar-refractivity contribution in [3.05, 3.63) is 23.8 Å². The SMILES string of the molecule is COc1ccc(C(=O)O[C@@H]2CC[C@@]3(C)[C@@H]4CC[C@H]5[C@]3(C[C@@]3(O)[C@@H]6CN7C[C@H](C)CC[C@H]7[C@](C)(O)[C@@]6(O)[C@H](O)C[C@]53O)O[C@@]42O)cc1OC. The van der Waals surface area contributed by atoms with Crippen LogP contribution < -0.4 is 9.47 Å². The topological polar surface area (TPSA) is 179 Å². The number of benzene rings is 1. The third-order valence-electron chi connectivity index (χ3n) is 14.9. The fraction of sp³-hybridized carbons (Fsp3) is 0.806. The first-order valence-electron chi connectivity index (χ1n) is 17.6. The highest BCUT2D eigenvalue weighted by Gasteiger charge is 2.88. The molecular weight excluding hydrogens is 622 g/mol. The van der Waals surface area contributed by atoms with Crippen LogP contribution in [0.15, 0.2) is 18.2 Å². The molecule has 14 atom stereocenters. The van der Waals surface area contributed by atoms with E-state index in [4.69, 9.17) is 18.9 Å². The first-order chi connectivity index (χ1) is 22.5. The van der Waals surface area contributed by atoms with Gasteiger partial charge in [-0.25, -0.2) is 4.79 Å². The van der Waals surface area contributed by atoms with Gasteiger partial charge in [-0.05, 0) is 69.6 Å². The second-order valence-electron chi connectivity index (χ2n) is 16.8. The molecule has 48 heavy (non-hydrogen) atoms. The van der Waals surface area contributed by atoms with Gasteiger partial charge in [0.15, 0.2) is 17.6 Å². The normalized spacial score (nSPS) is 53.6. The number of fused-ring (bicyclic) bond motifs is 5. The molecule has 0 radical (unpaired) electrons. The number of piperidine rings is 2.